The molecule has 0 amide bonds. The number of aliphatic hydroxyl groups excluding tert-OH is 1. The Labute approximate surface area is 163 Å². The monoisotopic (exact) mass is 377 g/mol. The first-order valence-electron chi connectivity index (χ1n) is 8.05. The Hall–Kier alpha value is -3.76. The van der Waals surface area contributed by atoms with Gasteiger partial charge in [-0.25, -0.2) is 9.37 Å². The van der Waals surface area contributed by atoms with Crippen LogP contribution >= 0.6 is 0 Å². The molecule has 3 rings (SSSR count). The average molecular weight is 377 g/mol. The highest BCUT2D eigenvalue weighted by molar-refractivity contribution is 5.60. The molecule has 1 aromatic heterocycles. The van der Waals surface area contributed by atoms with Crippen molar-refractivity contribution in [1.29, 1.82) is 5.26 Å². The molecule has 0 radical (unpaired) electrons. The fraction of sp³-hybridized carbons (Fsp3) is 0.0952. The summed E-state index contributed by atoms with van der Waals surface area (Å²) in [4.78, 5) is 8.08. The Kier molecular flexibility index (Phi) is 6.79. The molecular formula is C21H20FN5O. The number of hydrogen-bond donors (Lipinski definition) is 3. The maximum absolute atomic E-state index is 14.1. The van der Waals surface area contributed by atoms with Gasteiger partial charge in [-0.2, -0.15) is 10.2 Å². The topological polar surface area (TPSA) is 93.9 Å². The summed E-state index contributed by atoms with van der Waals surface area (Å²) in [6.07, 6.45) is 0.0110. The van der Waals surface area contributed by atoms with Crippen LogP contribution in [0.15, 0.2) is 72.9 Å². The molecule has 0 aliphatic rings. The van der Waals surface area contributed by atoms with E-state index < -0.39 is 11.9 Å². The lowest BCUT2D eigenvalue weighted by Gasteiger charge is -2.12. The quantitative estimate of drug-likeness (QED) is 0.532. The summed E-state index contributed by atoms with van der Waals surface area (Å²) >= 11 is 0. The zero-order valence-electron chi connectivity index (χ0n) is 14.2. The van der Waals surface area contributed by atoms with Gasteiger partial charge in [0.1, 0.15) is 6.10 Å². The molecule has 142 valence electrons. The van der Waals surface area contributed by atoms with E-state index in [9.17, 15) is 9.50 Å². The summed E-state index contributed by atoms with van der Waals surface area (Å²) in [5.74, 6) is -0.337. The highest BCUT2D eigenvalue weighted by atomic mass is 19.1. The van der Waals surface area contributed by atoms with Crippen LogP contribution in [0.4, 0.5) is 27.5 Å². The molecule has 0 saturated carbocycles. The molecule has 0 aliphatic heterocycles. The van der Waals surface area contributed by atoms with E-state index in [1.807, 2.05) is 36.4 Å². The molecule has 0 saturated heterocycles. The van der Waals surface area contributed by atoms with Gasteiger partial charge in [0, 0.05) is 11.4 Å². The number of nitriles is 1. The summed E-state index contributed by atoms with van der Waals surface area (Å²) in [6.45, 7) is 3.50. The summed E-state index contributed by atoms with van der Waals surface area (Å²) < 4.78 is 14.1. The third-order valence-electron chi connectivity index (χ3n) is 3.74. The normalized spacial score (nSPS) is 10.9. The predicted molar refractivity (Wildman–Crippen MR) is 108 cm³/mol. The van der Waals surface area contributed by atoms with Crippen LogP contribution in [0.1, 0.15) is 19.1 Å². The largest absolute Gasteiger partial charge is 0.383 e. The second-order valence-electron chi connectivity index (χ2n) is 5.67. The number of halogens is 1. The van der Waals surface area contributed by atoms with Gasteiger partial charge in [0.2, 0.25) is 5.95 Å². The third kappa shape index (κ3) is 4.90. The fourth-order valence-electron chi connectivity index (χ4n) is 2.31. The van der Waals surface area contributed by atoms with Crippen LogP contribution in [0.3, 0.4) is 0 Å². The van der Waals surface area contributed by atoms with E-state index in [0.29, 0.717) is 11.3 Å². The van der Waals surface area contributed by atoms with Gasteiger partial charge in [-0.1, -0.05) is 44.3 Å². The number of aromatic nitrogens is 2. The molecule has 0 spiro atoms. The first-order valence-corrected chi connectivity index (χ1v) is 8.05. The van der Waals surface area contributed by atoms with Crippen molar-refractivity contribution in [3.05, 3.63) is 84.3 Å². The maximum atomic E-state index is 14.1. The van der Waals surface area contributed by atoms with E-state index in [1.165, 1.54) is 0 Å². The number of aliphatic hydroxyl groups is 1. The molecule has 0 bridgehead atoms. The molecular weight excluding hydrogens is 357 g/mol. The Morgan fingerprint density at radius 3 is 2.36 bits per heavy atom. The lowest BCUT2D eigenvalue weighted by molar-refractivity contribution is 0.221. The van der Waals surface area contributed by atoms with Gasteiger partial charge in [-0.3, -0.25) is 0 Å². The number of hydrogen-bond acceptors (Lipinski definition) is 6. The summed E-state index contributed by atoms with van der Waals surface area (Å²) in [7, 11) is 0. The molecule has 28 heavy (non-hydrogen) atoms. The zero-order chi connectivity index (χ0) is 19.2. The molecule has 3 aromatic rings. The van der Waals surface area contributed by atoms with Crippen molar-refractivity contribution in [2.45, 2.75) is 13.5 Å². The van der Waals surface area contributed by atoms with Gasteiger partial charge in [0.25, 0.3) is 0 Å². The minimum Gasteiger partial charge on any atom is -0.383 e. The standard InChI is InChI=1S/C20H16FN5O.CH4/c1-13(11-22)18(27)14-7-9-16(10-8-14)24-19-17(21)12-23-20(26-19)25-15-5-3-2-4-6-15;/h2-10,12,18,27H,1H2,(H2,23,24,25,26);1H4. The highest BCUT2D eigenvalue weighted by Gasteiger charge is 2.12. The van der Waals surface area contributed by atoms with Crippen LogP contribution in [0.25, 0.3) is 0 Å². The number of nitrogens with zero attached hydrogens (tertiary/aromatic N) is 3. The first-order chi connectivity index (χ1) is 13.1. The van der Waals surface area contributed by atoms with Crippen molar-refractivity contribution in [2.24, 2.45) is 0 Å². The average Bonchev–Trinajstić information content (AvgIpc) is 2.70. The predicted octanol–water partition coefficient (Wildman–Crippen LogP) is 4.85. The molecule has 0 aliphatic carbocycles. The Balaban J connectivity index is 0.00000280. The molecule has 1 unspecified atom stereocenters. The van der Waals surface area contributed by atoms with Crippen LogP contribution in [0.2, 0.25) is 0 Å². The second-order valence-corrected chi connectivity index (χ2v) is 5.67. The Bertz CT molecular complexity index is 984. The molecule has 6 nitrogen and oxygen atoms in total. The van der Waals surface area contributed by atoms with Gasteiger partial charge in [0.05, 0.1) is 17.8 Å². The van der Waals surface area contributed by atoms with Gasteiger partial charge >= 0.3 is 0 Å². The second kappa shape index (κ2) is 9.26. The van der Waals surface area contributed by atoms with Crippen molar-refractivity contribution >= 4 is 23.1 Å². The third-order valence-corrected chi connectivity index (χ3v) is 3.74. The molecule has 7 heteroatoms. The fourth-order valence-corrected chi connectivity index (χ4v) is 2.31. The first kappa shape index (κ1) is 20.6. The molecule has 2 aromatic carbocycles. The van der Waals surface area contributed by atoms with E-state index in [4.69, 9.17) is 5.26 Å². The minimum atomic E-state index is -1.07. The van der Waals surface area contributed by atoms with Gasteiger partial charge in [-0.05, 0) is 29.8 Å². The molecule has 1 heterocycles. The number of benzene rings is 2. The lowest BCUT2D eigenvalue weighted by atomic mass is 10.0. The van der Waals surface area contributed by atoms with E-state index in [-0.39, 0.29) is 24.8 Å². The summed E-state index contributed by atoms with van der Waals surface area (Å²) in [5.41, 5.74) is 1.92. The van der Waals surface area contributed by atoms with Gasteiger partial charge in [0.15, 0.2) is 11.6 Å². The van der Waals surface area contributed by atoms with Crippen molar-refractivity contribution in [3.63, 3.8) is 0 Å². The van der Waals surface area contributed by atoms with Crippen LogP contribution < -0.4 is 10.6 Å². The summed E-state index contributed by atoms with van der Waals surface area (Å²) in [6, 6.07) is 17.7. The lowest BCUT2D eigenvalue weighted by Crippen LogP contribution is -2.04. The van der Waals surface area contributed by atoms with E-state index in [1.54, 1.807) is 24.3 Å². The van der Waals surface area contributed by atoms with Crippen LogP contribution in [-0.2, 0) is 0 Å². The number of anilines is 4. The smallest absolute Gasteiger partial charge is 0.229 e. The Morgan fingerprint density at radius 2 is 1.71 bits per heavy atom. The SMILES string of the molecule is C.C=C(C#N)C(O)c1ccc(Nc2nc(Nc3ccccc3)ncc2F)cc1. The van der Waals surface area contributed by atoms with Crippen molar-refractivity contribution in [3.8, 4) is 6.07 Å². The van der Waals surface area contributed by atoms with Crippen LogP contribution in [0, 0.1) is 17.1 Å². The molecule has 3 N–H and O–H groups in total. The number of rotatable bonds is 6. The summed E-state index contributed by atoms with van der Waals surface area (Å²) in [5, 5.41) is 24.6. The van der Waals surface area contributed by atoms with Gasteiger partial charge in [-0.15, -0.1) is 0 Å². The minimum absolute atomic E-state index is 0. The van der Waals surface area contributed by atoms with Crippen LogP contribution in [0.5, 0.6) is 0 Å². The molecule has 1 atom stereocenters. The maximum Gasteiger partial charge on any atom is 0.229 e. The van der Waals surface area contributed by atoms with E-state index >= 15 is 0 Å². The molecule has 0 fully saturated rings. The number of para-hydroxylation sites is 1. The van der Waals surface area contributed by atoms with Crippen molar-refractivity contribution < 1.29 is 9.50 Å². The van der Waals surface area contributed by atoms with Crippen LogP contribution in [-0.4, -0.2) is 15.1 Å². The highest BCUT2D eigenvalue weighted by Crippen LogP contribution is 2.24. The zero-order valence-corrected chi connectivity index (χ0v) is 14.2. The van der Waals surface area contributed by atoms with Gasteiger partial charge < -0.3 is 15.7 Å². The van der Waals surface area contributed by atoms with E-state index in [2.05, 4.69) is 27.2 Å². The van der Waals surface area contributed by atoms with E-state index in [0.717, 1.165) is 11.9 Å². The van der Waals surface area contributed by atoms with Crippen molar-refractivity contribution in [2.75, 3.05) is 10.6 Å². The Morgan fingerprint density at radius 1 is 1.07 bits per heavy atom. The number of nitrogens with one attached hydrogen (secondary N) is 2. The van der Waals surface area contributed by atoms with Crippen molar-refractivity contribution in [1.82, 2.24) is 9.97 Å².